The lowest BCUT2D eigenvalue weighted by atomic mass is 10.2. The Bertz CT molecular complexity index is 623. The molecule has 0 aromatic heterocycles. The molecule has 0 saturated carbocycles. The highest BCUT2D eigenvalue weighted by Gasteiger charge is 2.22. The van der Waals surface area contributed by atoms with Crippen LogP contribution in [0.4, 0.5) is 5.69 Å². The molecule has 2 rings (SSSR count). The minimum Gasteiger partial charge on any atom is -0.383 e. The van der Waals surface area contributed by atoms with E-state index in [2.05, 4.69) is 16.2 Å². The quantitative estimate of drug-likeness (QED) is 0.542. The van der Waals surface area contributed by atoms with Gasteiger partial charge in [-0.2, -0.15) is 0 Å². The average Bonchev–Trinajstić information content (AvgIpc) is 2.99. The second kappa shape index (κ2) is 8.60. The number of methoxy groups -OCH3 is 1. The van der Waals surface area contributed by atoms with Crippen molar-refractivity contribution in [2.24, 2.45) is 0 Å². The molecule has 0 spiro atoms. The number of benzene rings is 1. The standard InChI is InChI=1S/C16H22N4O3S/c1-11(10-23-2)17-16(24)19-18-15(22)12-5-3-6-13(9-12)20-8-4-7-14(20)21/h3,5-6,9,11H,4,7-8,10H2,1-2H3,(H,18,22)(H2,17,19,24)/t11-/m1/s1. The van der Waals surface area contributed by atoms with E-state index < -0.39 is 0 Å². The molecule has 1 heterocycles. The monoisotopic (exact) mass is 350 g/mol. The van der Waals surface area contributed by atoms with Crippen molar-refractivity contribution in [1.29, 1.82) is 0 Å². The lowest BCUT2D eigenvalue weighted by molar-refractivity contribution is -0.117. The number of thiocarbonyl (C=S) groups is 1. The first-order valence-corrected chi connectivity index (χ1v) is 8.18. The molecule has 2 amide bonds. The van der Waals surface area contributed by atoms with Crippen LogP contribution >= 0.6 is 12.2 Å². The topological polar surface area (TPSA) is 82.7 Å². The Kier molecular flexibility index (Phi) is 6.51. The molecule has 0 radical (unpaired) electrons. The summed E-state index contributed by atoms with van der Waals surface area (Å²) in [4.78, 5) is 25.7. The van der Waals surface area contributed by atoms with Crippen LogP contribution in [0.1, 0.15) is 30.1 Å². The van der Waals surface area contributed by atoms with Crippen molar-refractivity contribution in [2.75, 3.05) is 25.2 Å². The number of hydrazine groups is 1. The van der Waals surface area contributed by atoms with E-state index in [4.69, 9.17) is 17.0 Å². The number of hydrogen-bond acceptors (Lipinski definition) is 4. The molecule has 1 fully saturated rings. The van der Waals surface area contributed by atoms with Gasteiger partial charge in [0.15, 0.2) is 5.11 Å². The van der Waals surface area contributed by atoms with Crippen molar-refractivity contribution >= 4 is 34.8 Å². The van der Waals surface area contributed by atoms with Crippen LogP contribution in [0.3, 0.4) is 0 Å². The average molecular weight is 350 g/mol. The third kappa shape index (κ3) is 4.90. The molecular formula is C16H22N4O3S. The third-order valence-electron chi connectivity index (χ3n) is 3.58. The smallest absolute Gasteiger partial charge is 0.269 e. The number of amides is 2. The number of carbonyl (C=O) groups is 2. The SMILES string of the molecule is COC[C@@H](C)NC(=S)NNC(=O)c1cccc(N2CCCC2=O)c1. The van der Waals surface area contributed by atoms with Crippen molar-refractivity contribution in [3.8, 4) is 0 Å². The molecule has 8 heteroatoms. The van der Waals surface area contributed by atoms with Crippen molar-refractivity contribution in [1.82, 2.24) is 16.2 Å². The molecule has 3 N–H and O–H groups in total. The fourth-order valence-corrected chi connectivity index (χ4v) is 2.73. The van der Waals surface area contributed by atoms with Crippen LogP contribution in [-0.2, 0) is 9.53 Å². The van der Waals surface area contributed by atoms with Crippen LogP contribution < -0.4 is 21.1 Å². The number of carbonyl (C=O) groups excluding carboxylic acids is 2. The summed E-state index contributed by atoms with van der Waals surface area (Å²) in [5.41, 5.74) is 6.38. The summed E-state index contributed by atoms with van der Waals surface area (Å²) >= 11 is 5.10. The van der Waals surface area contributed by atoms with Crippen molar-refractivity contribution in [3.63, 3.8) is 0 Å². The van der Waals surface area contributed by atoms with Gasteiger partial charge in [0.25, 0.3) is 5.91 Å². The van der Waals surface area contributed by atoms with E-state index in [1.165, 1.54) is 0 Å². The van der Waals surface area contributed by atoms with Gasteiger partial charge in [-0.3, -0.25) is 20.4 Å². The highest BCUT2D eigenvalue weighted by atomic mass is 32.1. The van der Waals surface area contributed by atoms with Crippen LogP contribution in [0.25, 0.3) is 0 Å². The van der Waals surface area contributed by atoms with Gasteiger partial charge in [-0.1, -0.05) is 6.07 Å². The van der Waals surface area contributed by atoms with Gasteiger partial charge in [-0.05, 0) is 43.8 Å². The number of rotatable bonds is 5. The Morgan fingerprint density at radius 3 is 2.88 bits per heavy atom. The molecule has 0 bridgehead atoms. The minimum absolute atomic E-state index is 0.0245. The van der Waals surface area contributed by atoms with E-state index in [-0.39, 0.29) is 17.9 Å². The Morgan fingerprint density at radius 1 is 1.42 bits per heavy atom. The zero-order valence-corrected chi connectivity index (χ0v) is 14.6. The first-order chi connectivity index (χ1) is 11.5. The van der Waals surface area contributed by atoms with Crippen LogP contribution in [0.5, 0.6) is 0 Å². The second-order valence-corrected chi connectivity index (χ2v) is 6.02. The predicted molar refractivity (Wildman–Crippen MR) is 95.7 cm³/mol. The third-order valence-corrected chi connectivity index (χ3v) is 3.80. The zero-order valence-electron chi connectivity index (χ0n) is 13.8. The highest BCUT2D eigenvalue weighted by Crippen LogP contribution is 2.22. The second-order valence-electron chi connectivity index (χ2n) is 5.61. The highest BCUT2D eigenvalue weighted by molar-refractivity contribution is 7.80. The molecule has 1 aliphatic heterocycles. The lowest BCUT2D eigenvalue weighted by Gasteiger charge is -2.18. The van der Waals surface area contributed by atoms with Crippen LogP contribution in [0, 0.1) is 0 Å². The molecule has 1 atom stereocenters. The Morgan fingerprint density at radius 2 is 2.21 bits per heavy atom. The molecule has 1 aromatic rings. The molecule has 1 aromatic carbocycles. The summed E-state index contributed by atoms with van der Waals surface area (Å²) in [6.45, 7) is 3.10. The van der Waals surface area contributed by atoms with Gasteiger partial charge in [0.05, 0.1) is 6.61 Å². The van der Waals surface area contributed by atoms with Crippen molar-refractivity contribution < 1.29 is 14.3 Å². The number of hydrogen-bond donors (Lipinski definition) is 3. The van der Waals surface area contributed by atoms with Crippen LogP contribution in [0.15, 0.2) is 24.3 Å². The van der Waals surface area contributed by atoms with E-state index in [0.29, 0.717) is 30.2 Å². The first kappa shape index (κ1) is 18.2. The molecule has 0 unspecified atom stereocenters. The number of nitrogens with zero attached hydrogens (tertiary/aromatic N) is 1. The van der Waals surface area contributed by atoms with Crippen molar-refractivity contribution in [3.05, 3.63) is 29.8 Å². The minimum atomic E-state index is -0.327. The molecular weight excluding hydrogens is 328 g/mol. The largest absolute Gasteiger partial charge is 0.383 e. The molecule has 130 valence electrons. The lowest BCUT2D eigenvalue weighted by Crippen LogP contribution is -2.49. The van der Waals surface area contributed by atoms with Gasteiger partial charge < -0.3 is 15.0 Å². The van der Waals surface area contributed by atoms with Gasteiger partial charge in [-0.15, -0.1) is 0 Å². The van der Waals surface area contributed by atoms with Crippen LogP contribution in [0.2, 0.25) is 0 Å². The number of nitrogens with one attached hydrogen (secondary N) is 3. The summed E-state index contributed by atoms with van der Waals surface area (Å²) in [5, 5.41) is 3.28. The fraction of sp³-hybridized carbons (Fsp3) is 0.438. The maximum Gasteiger partial charge on any atom is 0.269 e. The van der Waals surface area contributed by atoms with Gasteiger partial charge in [0.1, 0.15) is 0 Å². The van der Waals surface area contributed by atoms with E-state index in [1.54, 1.807) is 30.2 Å². The predicted octanol–water partition coefficient (Wildman–Crippen LogP) is 0.957. The molecule has 1 aliphatic rings. The number of ether oxygens (including phenoxy) is 1. The zero-order chi connectivity index (χ0) is 17.5. The summed E-state index contributed by atoms with van der Waals surface area (Å²) in [7, 11) is 1.61. The van der Waals surface area contributed by atoms with E-state index in [0.717, 1.165) is 12.1 Å². The van der Waals surface area contributed by atoms with Gasteiger partial charge in [0, 0.05) is 37.4 Å². The number of anilines is 1. The maximum absolute atomic E-state index is 12.2. The fourth-order valence-electron chi connectivity index (χ4n) is 2.47. The summed E-state index contributed by atoms with van der Waals surface area (Å²) < 4.78 is 5.00. The molecule has 1 saturated heterocycles. The first-order valence-electron chi connectivity index (χ1n) is 7.77. The van der Waals surface area contributed by atoms with Crippen LogP contribution in [-0.4, -0.2) is 43.2 Å². The van der Waals surface area contributed by atoms with E-state index in [9.17, 15) is 9.59 Å². The van der Waals surface area contributed by atoms with E-state index >= 15 is 0 Å². The van der Waals surface area contributed by atoms with Gasteiger partial charge in [0.2, 0.25) is 5.91 Å². The molecule has 0 aliphatic carbocycles. The van der Waals surface area contributed by atoms with Gasteiger partial charge >= 0.3 is 0 Å². The summed E-state index contributed by atoms with van der Waals surface area (Å²) in [6.07, 6.45) is 1.40. The van der Waals surface area contributed by atoms with Gasteiger partial charge in [-0.25, -0.2) is 0 Å². The maximum atomic E-state index is 12.2. The summed E-state index contributed by atoms with van der Waals surface area (Å²) in [6, 6.07) is 6.99. The Labute approximate surface area is 146 Å². The molecule has 24 heavy (non-hydrogen) atoms. The molecule has 7 nitrogen and oxygen atoms in total. The Hall–Kier alpha value is -2.19. The normalized spacial score (nSPS) is 15.1. The van der Waals surface area contributed by atoms with E-state index in [1.807, 2.05) is 13.0 Å². The Balaban J connectivity index is 1.90. The van der Waals surface area contributed by atoms with Crippen molar-refractivity contribution in [2.45, 2.75) is 25.8 Å². The summed E-state index contributed by atoms with van der Waals surface area (Å²) in [5.74, 6) is -0.241.